The maximum absolute atomic E-state index is 13.3. The molecule has 342 valence electrons. The molecule has 2 aromatic carbocycles. The van der Waals surface area contributed by atoms with Crippen LogP contribution in [0.3, 0.4) is 0 Å². The van der Waals surface area contributed by atoms with Gasteiger partial charge in [0.25, 0.3) is 0 Å². The number of rotatable bonds is 7. The van der Waals surface area contributed by atoms with E-state index in [2.05, 4.69) is 39.8 Å². The molecule has 6 saturated carbocycles. The van der Waals surface area contributed by atoms with Crippen LogP contribution >= 0.6 is 0 Å². The number of ketones is 2. The second-order valence-electron chi connectivity index (χ2n) is 22.5. The molecular weight excluding hydrogens is 787 g/mol. The van der Waals surface area contributed by atoms with Crippen LogP contribution in [0.4, 0.5) is 8.78 Å². The zero-order valence-electron chi connectivity index (χ0n) is 37.9. The quantitative estimate of drug-likeness (QED) is 0.215. The fraction of sp³-hybridized carbons (Fsp3) is 0.649. The van der Waals surface area contributed by atoms with Crippen LogP contribution in [-0.2, 0) is 16.0 Å². The minimum absolute atomic E-state index is 0. The Balaban J connectivity index is 0.000000170. The van der Waals surface area contributed by atoms with Gasteiger partial charge in [-0.3, -0.25) is 9.59 Å². The van der Waals surface area contributed by atoms with Gasteiger partial charge in [-0.2, -0.15) is 0 Å². The van der Waals surface area contributed by atoms with Gasteiger partial charge in [0.05, 0.1) is 12.2 Å². The van der Waals surface area contributed by atoms with Crippen molar-refractivity contribution >= 4 is 17.6 Å². The second-order valence-corrected chi connectivity index (χ2v) is 22.5. The van der Waals surface area contributed by atoms with E-state index in [0.717, 1.165) is 101 Å². The Bertz CT molecular complexity index is 2090. The third kappa shape index (κ3) is 8.34. The van der Waals surface area contributed by atoms with Crippen LogP contribution in [0.25, 0.3) is 6.08 Å². The summed E-state index contributed by atoms with van der Waals surface area (Å²) >= 11 is 0. The molecule has 8 aliphatic rings. The molecule has 0 unspecified atom stereocenters. The van der Waals surface area contributed by atoms with Gasteiger partial charge in [-0.25, -0.2) is 8.78 Å². The minimum atomic E-state index is -0.253. The van der Waals surface area contributed by atoms with Crippen molar-refractivity contribution in [3.63, 3.8) is 0 Å². The molecular formula is C57H76F2O4. The first-order valence-corrected chi connectivity index (χ1v) is 24.6. The molecule has 63 heavy (non-hydrogen) atoms. The maximum Gasteiger partial charge on any atom is 0.159 e. The third-order valence-corrected chi connectivity index (χ3v) is 19.8. The molecule has 0 aromatic heterocycles. The molecule has 8 aliphatic carbocycles. The van der Waals surface area contributed by atoms with E-state index in [9.17, 15) is 28.6 Å². The molecule has 0 spiro atoms. The van der Waals surface area contributed by atoms with E-state index >= 15 is 0 Å². The zero-order chi connectivity index (χ0) is 43.6. The number of aryl methyl sites for hydroxylation is 1. The Morgan fingerprint density at radius 2 is 1.10 bits per heavy atom. The summed E-state index contributed by atoms with van der Waals surface area (Å²) in [5, 5.41) is 20.4. The summed E-state index contributed by atoms with van der Waals surface area (Å²) in [7, 11) is 0. The molecule has 2 N–H and O–H groups in total. The van der Waals surface area contributed by atoms with Crippen molar-refractivity contribution in [3.8, 4) is 0 Å². The standard InChI is InChI=1S/C28H37FO2.C28H35FO2.CH4/c2*1-27-15-13-21(30)17-19(27)6-9-22-23-10-11-25(28(23,2)16-14-24(22)27)26(31)12-5-18-3-7-20(29)8-4-18;/h3-4,6-8,21-25,30H,5,9-17H2,1-2H3;3-8,12,21-25,30H,9-11,13-17H2,1-2H3;1H4/b;12-5+;/t2*21-,22-,23-,24-,25+,27-,28-;/m00./s1. The lowest BCUT2D eigenvalue weighted by molar-refractivity contribution is -0.129. The van der Waals surface area contributed by atoms with Crippen LogP contribution in [0.2, 0.25) is 0 Å². The number of allylic oxidation sites excluding steroid dienone is 3. The summed E-state index contributed by atoms with van der Waals surface area (Å²) in [4.78, 5) is 26.6. The summed E-state index contributed by atoms with van der Waals surface area (Å²) in [5.74, 6) is 4.51. The van der Waals surface area contributed by atoms with Crippen LogP contribution in [0.1, 0.15) is 155 Å². The predicted molar refractivity (Wildman–Crippen MR) is 249 cm³/mol. The maximum atomic E-state index is 13.3. The number of hydrogen-bond acceptors (Lipinski definition) is 4. The molecule has 10 rings (SSSR count). The van der Waals surface area contributed by atoms with Gasteiger partial charge in [0, 0.05) is 18.3 Å². The summed E-state index contributed by atoms with van der Waals surface area (Å²) in [6.07, 6.45) is 26.6. The van der Waals surface area contributed by atoms with E-state index in [4.69, 9.17) is 0 Å². The molecule has 0 heterocycles. The third-order valence-electron chi connectivity index (χ3n) is 19.8. The topological polar surface area (TPSA) is 74.6 Å². The lowest BCUT2D eigenvalue weighted by Crippen LogP contribution is -2.51. The van der Waals surface area contributed by atoms with Crippen molar-refractivity contribution in [1.29, 1.82) is 0 Å². The van der Waals surface area contributed by atoms with E-state index < -0.39 is 0 Å². The molecule has 6 fully saturated rings. The highest BCUT2D eigenvalue weighted by Gasteiger charge is 2.61. The number of benzene rings is 2. The molecule has 0 radical (unpaired) electrons. The Morgan fingerprint density at radius 3 is 1.62 bits per heavy atom. The fourth-order valence-corrected chi connectivity index (χ4v) is 16.2. The summed E-state index contributed by atoms with van der Waals surface area (Å²) in [6, 6.07) is 12.9. The number of Topliss-reactive ketones (excluding diaryl/α,β-unsaturated/α-hetero) is 1. The van der Waals surface area contributed by atoms with E-state index in [1.807, 2.05) is 6.08 Å². The van der Waals surface area contributed by atoms with Crippen molar-refractivity contribution in [3.05, 3.63) is 101 Å². The summed E-state index contributed by atoms with van der Waals surface area (Å²) in [6.45, 7) is 9.70. The largest absolute Gasteiger partial charge is 0.393 e. The van der Waals surface area contributed by atoms with Crippen molar-refractivity contribution in [2.45, 2.75) is 163 Å². The Labute approximate surface area is 377 Å². The van der Waals surface area contributed by atoms with E-state index in [1.54, 1.807) is 30.3 Å². The predicted octanol–water partition coefficient (Wildman–Crippen LogP) is 13.3. The minimum Gasteiger partial charge on any atom is -0.393 e. The van der Waals surface area contributed by atoms with Gasteiger partial charge in [0.1, 0.15) is 17.4 Å². The van der Waals surface area contributed by atoms with Crippen LogP contribution in [0.5, 0.6) is 0 Å². The molecule has 2 aromatic rings. The van der Waals surface area contributed by atoms with Gasteiger partial charge >= 0.3 is 0 Å². The van der Waals surface area contributed by atoms with E-state index in [0.29, 0.717) is 47.7 Å². The van der Waals surface area contributed by atoms with Gasteiger partial charge in [-0.15, -0.1) is 0 Å². The van der Waals surface area contributed by atoms with Crippen molar-refractivity contribution < 1.29 is 28.6 Å². The van der Waals surface area contributed by atoms with Gasteiger partial charge < -0.3 is 10.2 Å². The van der Waals surface area contributed by atoms with Crippen molar-refractivity contribution in [2.24, 2.45) is 69.0 Å². The molecule has 14 atom stereocenters. The first-order valence-electron chi connectivity index (χ1n) is 24.6. The Kier molecular flexibility index (Phi) is 13.1. The highest BCUT2D eigenvalue weighted by Crippen LogP contribution is 2.68. The monoisotopic (exact) mass is 863 g/mol. The van der Waals surface area contributed by atoms with Crippen molar-refractivity contribution in [2.75, 3.05) is 0 Å². The lowest BCUT2D eigenvalue weighted by Gasteiger charge is -2.58. The van der Waals surface area contributed by atoms with Gasteiger partial charge in [0.2, 0.25) is 0 Å². The zero-order valence-corrected chi connectivity index (χ0v) is 37.9. The molecule has 6 heteroatoms. The van der Waals surface area contributed by atoms with E-state index in [-0.39, 0.29) is 70.5 Å². The lowest BCUT2D eigenvalue weighted by atomic mass is 9.47. The summed E-state index contributed by atoms with van der Waals surface area (Å²) in [5.41, 5.74) is 5.66. The highest BCUT2D eigenvalue weighted by molar-refractivity contribution is 5.96. The first-order chi connectivity index (χ1) is 29.6. The SMILES string of the molecule is C.C[C@]12CC[C@H]3[C@@H](CC=C4C[C@@H](O)CC[C@@]43C)[C@@H]1CC[C@@H]2C(=O)/C=C/c1ccc(F)cc1.C[C@]12CC[C@H]3[C@@H](CC=C4C[C@@H](O)CC[C@@]43C)[C@@H]1CC[C@@H]2C(=O)CCc1ccc(F)cc1. The number of carbonyl (C=O) groups excluding carboxylic acids is 2. The fourth-order valence-electron chi connectivity index (χ4n) is 16.2. The molecule has 0 bridgehead atoms. The summed E-state index contributed by atoms with van der Waals surface area (Å²) < 4.78 is 26.3. The number of hydrogen-bond donors (Lipinski definition) is 2. The molecule has 0 amide bonds. The number of aliphatic hydroxyl groups excluding tert-OH is 2. The number of fused-ring (bicyclic) bond motifs is 10. The van der Waals surface area contributed by atoms with Crippen LogP contribution in [0.15, 0.2) is 77.9 Å². The molecule has 0 aliphatic heterocycles. The number of aliphatic hydroxyl groups is 2. The van der Waals surface area contributed by atoms with Crippen molar-refractivity contribution in [1.82, 2.24) is 0 Å². The van der Waals surface area contributed by atoms with E-state index in [1.165, 1.54) is 54.7 Å². The van der Waals surface area contributed by atoms with Crippen LogP contribution < -0.4 is 0 Å². The average Bonchev–Trinajstić information content (AvgIpc) is 3.81. The average molecular weight is 863 g/mol. The normalized spacial score (nSPS) is 41.1. The smallest absolute Gasteiger partial charge is 0.159 e. The van der Waals surface area contributed by atoms with Gasteiger partial charge in [-0.05, 0) is 208 Å². The first kappa shape index (κ1) is 46.3. The Morgan fingerprint density at radius 1 is 0.619 bits per heavy atom. The second kappa shape index (κ2) is 17.9. The molecule has 0 saturated heterocycles. The number of halogens is 2. The van der Waals surface area contributed by atoms with Crippen LogP contribution in [-0.4, -0.2) is 34.0 Å². The number of carbonyl (C=O) groups is 2. The van der Waals surface area contributed by atoms with Crippen LogP contribution in [0, 0.1) is 80.6 Å². The Hall–Kier alpha value is -3.22. The van der Waals surface area contributed by atoms with Gasteiger partial charge in [0.15, 0.2) is 5.78 Å². The molecule has 4 nitrogen and oxygen atoms in total. The van der Waals surface area contributed by atoms with Gasteiger partial charge in [-0.1, -0.05) is 88.8 Å². The highest BCUT2D eigenvalue weighted by atomic mass is 19.1.